The summed E-state index contributed by atoms with van der Waals surface area (Å²) < 4.78 is 1.02. The van der Waals surface area contributed by atoms with Crippen LogP contribution in [-0.4, -0.2) is 12.5 Å². The van der Waals surface area contributed by atoms with Gasteiger partial charge in [0.2, 0.25) is 5.91 Å². The van der Waals surface area contributed by atoms with Gasteiger partial charge in [-0.1, -0.05) is 41.6 Å². The van der Waals surface area contributed by atoms with Crippen LogP contribution < -0.4 is 11.1 Å². The molecule has 3 N–H and O–H groups in total. The van der Waals surface area contributed by atoms with Crippen LogP contribution >= 0.6 is 15.9 Å². The van der Waals surface area contributed by atoms with Gasteiger partial charge in [0.05, 0.1) is 5.41 Å². The predicted molar refractivity (Wildman–Crippen MR) is 86.7 cm³/mol. The van der Waals surface area contributed by atoms with E-state index in [1.54, 1.807) is 0 Å². The molecule has 1 saturated carbocycles. The van der Waals surface area contributed by atoms with Gasteiger partial charge in [0.15, 0.2) is 0 Å². The monoisotopic (exact) mass is 338 g/mol. The first-order valence-electron chi connectivity index (χ1n) is 7.35. The van der Waals surface area contributed by atoms with Crippen LogP contribution in [0.1, 0.15) is 44.1 Å². The maximum Gasteiger partial charge on any atom is 0.231 e. The van der Waals surface area contributed by atoms with Crippen molar-refractivity contribution in [3.8, 4) is 0 Å². The summed E-state index contributed by atoms with van der Waals surface area (Å²) in [5.74, 6) is 0.0901. The lowest BCUT2D eigenvalue weighted by atomic mass is 9.79. The summed E-state index contributed by atoms with van der Waals surface area (Å²) in [6, 6.07) is 5.90. The summed E-state index contributed by atoms with van der Waals surface area (Å²) in [6.45, 7) is 2.44. The van der Waals surface area contributed by atoms with Gasteiger partial charge in [-0.3, -0.25) is 4.79 Å². The second-order valence-corrected chi connectivity index (χ2v) is 6.73. The smallest absolute Gasteiger partial charge is 0.231 e. The highest BCUT2D eigenvalue weighted by atomic mass is 79.9. The topological polar surface area (TPSA) is 55.1 Å². The van der Waals surface area contributed by atoms with Gasteiger partial charge in [-0.05, 0) is 43.5 Å². The number of carbonyl (C=O) groups excluding carboxylic acids is 1. The van der Waals surface area contributed by atoms with Crippen LogP contribution in [0, 0.1) is 12.3 Å². The Morgan fingerprint density at radius 2 is 1.95 bits per heavy atom. The van der Waals surface area contributed by atoms with Crippen molar-refractivity contribution in [2.24, 2.45) is 11.1 Å². The molecule has 1 amide bonds. The molecule has 2 rings (SSSR count). The van der Waals surface area contributed by atoms with E-state index >= 15 is 0 Å². The zero-order valence-electron chi connectivity index (χ0n) is 12.0. The van der Waals surface area contributed by atoms with Crippen molar-refractivity contribution in [3.63, 3.8) is 0 Å². The Bertz CT molecular complexity index is 479. The number of rotatable bonds is 3. The highest BCUT2D eigenvalue weighted by Gasteiger charge is 2.37. The first-order valence-corrected chi connectivity index (χ1v) is 8.14. The highest BCUT2D eigenvalue weighted by Crippen LogP contribution is 2.35. The number of anilines is 1. The number of halogens is 1. The summed E-state index contributed by atoms with van der Waals surface area (Å²) >= 11 is 3.44. The minimum atomic E-state index is -0.379. The minimum absolute atomic E-state index is 0.0901. The van der Waals surface area contributed by atoms with E-state index in [4.69, 9.17) is 5.73 Å². The fourth-order valence-corrected chi connectivity index (χ4v) is 3.43. The third kappa shape index (κ3) is 3.41. The molecule has 0 aromatic heterocycles. The van der Waals surface area contributed by atoms with Gasteiger partial charge in [-0.15, -0.1) is 0 Å². The van der Waals surface area contributed by atoms with Gasteiger partial charge < -0.3 is 11.1 Å². The van der Waals surface area contributed by atoms with Crippen molar-refractivity contribution in [2.45, 2.75) is 45.4 Å². The number of amides is 1. The van der Waals surface area contributed by atoms with E-state index in [0.29, 0.717) is 6.54 Å². The second kappa shape index (κ2) is 6.72. The Kier molecular flexibility index (Phi) is 5.22. The van der Waals surface area contributed by atoms with Crippen LogP contribution in [0.3, 0.4) is 0 Å². The number of hydrogen-bond acceptors (Lipinski definition) is 2. The van der Waals surface area contributed by atoms with Crippen molar-refractivity contribution in [3.05, 3.63) is 28.2 Å². The molecule has 0 unspecified atom stereocenters. The van der Waals surface area contributed by atoms with Crippen molar-refractivity contribution >= 4 is 27.5 Å². The van der Waals surface area contributed by atoms with E-state index in [2.05, 4.69) is 21.2 Å². The molecular formula is C16H23BrN2O. The highest BCUT2D eigenvalue weighted by molar-refractivity contribution is 9.10. The van der Waals surface area contributed by atoms with E-state index < -0.39 is 0 Å². The van der Waals surface area contributed by atoms with Gasteiger partial charge >= 0.3 is 0 Å². The van der Waals surface area contributed by atoms with E-state index in [9.17, 15) is 4.79 Å². The second-order valence-electron chi connectivity index (χ2n) is 5.81. The first-order chi connectivity index (χ1) is 9.57. The molecule has 0 radical (unpaired) electrons. The number of nitrogens with two attached hydrogens (primary N) is 1. The van der Waals surface area contributed by atoms with Crippen LogP contribution in [0.25, 0.3) is 0 Å². The molecule has 110 valence electrons. The largest absolute Gasteiger partial charge is 0.329 e. The fraction of sp³-hybridized carbons (Fsp3) is 0.562. The molecular weight excluding hydrogens is 316 g/mol. The standard InChI is InChI=1S/C16H23BrN2O/c1-12-10-13(17)6-7-14(12)19-15(20)16(11-18)8-4-2-3-5-9-16/h6-7,10H,2-5,8-9,11,18H2,1H3,(H,19,20). The van der Waals surface area contributed by atoms with Crippen molar-refractivity contribution in [1.29, 1.82) is 0 Å². The van der Waals surface area contributed by atoms with Crippen LogP contribution in [0.2, 0.25) is 0 Å². The number of carbonyl (C=O) groups is 1. The Morgan fingerprint density at radius 1 is 1.30 bits per heavy atom. The van der Waals surface area contributed by atoms with E-state index in [1.165, 1.54) is 12.8 Å². The zero-order valence-corrected chi connectivity index (χ0v) is 13.6. The van der Waals surface area contributed by atoms with Crippen LogP contribution in [0.15, 0.2) is 22.7 Å². The molecule has 0 saturated heterocycles. The Hall–Kier alpha value is -0.870. The molecule has 1 aliphatic rings. The van der Waals surface area contributed by atoms with E-state index in [1.807, 2.05) is 25.1 Å². The summed E-state index contributed by atoms with van der Waals surface area (Å²) in [5, 5.41) is 3.09. The van der Waals surface area contributed by atoms with Gasteiger partial charge in [0.25, 0.3) is 0 Å². The molecule has 0 bridgehead atoms. The molecule has 0 aliphatic heterocycles. The first kappa shape index (κ1) is 15.5. The van der Waals surface area contributed by atoms with Gasteiger partial charge in [0, 0.05) is 16.7 Å². The summed E-state index contributed by atoms with van der Waals surface area (Å²) in [7, 11) is 0. The molecule has 4 heteroatoms. The lowest BCUT2D eigenvalue weighted by molar-refractivity contribution is -0.125. The maximum absolute atomic E-state index is 12.7. The lowest BCUT2D eigenvalue weighted by Gasteiger charge is -2.30. The Morgan fingerprint density at radius 3 is 2.50 bits per heavy atom. The number of benzene rings is 1. The third-order valence-electron chi connectivity index (χ3n) is 4.37. The van der Waals surface area contributed by atoms with Gasteiger partial charge in [0.1, 0.15) is 0 Å². The SMILES string of the molecule is Cc1cc(Br)ccc1NC(=O)C1(CN)CCCCCC1. The summed E-state index contributed by atoms with van der Waals surface area (Å²) in [5.41, 5.74) is 7.53. The maximum atomic E-state index is 12.7. The quantitative estimate of drug-likeness (QED) is 0.818. The van der Waals surface area contributed by atoms with Crippen molar-refractivity contribution in [1.82, 2.24) is 0 Å². The zero-order chi connectivity index (χ0) is 14.6. The molecule has 3 nitrogen and oxygen atoms in total. The van der Waals surface area contributed by atoms with Crippen LogP contribution in [0.5, 0.6) is 0 Å². The normalized spacial score (nSPS) is 18.4. The molecule has 0 atom stereocenters. The Balaban J connectivity index is 2.16. The van der Waals surface area contributed by atoms with E-state index in [-0.39, 0.29) is 11.3 Å². The van der Waals surface area contributed by atoms with E-state index in [0.717, 1.165) is 41.4 Å². The van der Waals surface area contributed by atoms with Gasteiger partial charge in [-0.25, -0.2) is 0 Å². The van der Waals surface area contributed by atoms with Gasteiger partial charge in [-0.2, -0.15) is 0 Å². The van der Waals surface area contributed by atoms with Crippen LogP contribution in [0.4, 0.5) is 5.69 Å². The molecule has 1 fully saturated rings. The molecule has 0 spiro atoms. The Labute approximate surface area is 129 Å². The van der Waals surface area contributed by atoms with Crippen molar-refractivity contribution < 1.29 is 4.79 Å². The fourth-order valence-electron chi connectivity index (χ4n) is 2.95. The lowest BCUT2D eigenvalue weighted by Crippen LogP contribution is -2.42. The van der Waals surface area contributed by atoms with Crippen molar-refractivity contribution in [2.75, 3.05) is 11.9 Å². The number of aryl methyl sites for hydroxylation is 1. The number of nitrogens with one attached hydrogen (secondary N) is 1. The average Bonchev–Trinajstić information content (AvgIpc) is 2.68. The minimum Gasteiger partial charge on any atom is -0.329 e. The molecule has 20 heavy (non-hydrogen) atoms. The number of hydrogen-bond donors (Lipinski definition) is 2. The third-order valence-corrected chi connectivity index (χ3v) is 4.86. The summed E-state index contributed by atoms with van der Waals surface area (Å²) in [6.07, 6.45) is 6.45. The molecule has 1 aromatic rings. The summed E-state index contributed by atoms with van der Waals surface area (Å²) in [4.78, 5) is 12.7. The average molecular weight is 339 g/mol. The molecule has 1 aromatic carbocycles. The molecule has 1 aliphatic carbocycles. The predicted octanol–water partition coefficient (Wildman–Crippen LogP) is 4.00. The van der Waals surface area contributed by atoms with Crippen LogP contribution in [-0.2, 0) is 4.79 Å². The molecule has 0 heterocycles.